The number of carbonyl (C=O) groups is 1. The number of halogens is 1. The molecule has 0 spiro atoms. The quantitative estimate of drug-likeness (QED) is 0.579. The van der Waals surface area contributed by atoms with E-state index in [9.17, 15) is 4.79 Å². The highest BCUT2D eigenvalue weighted by Crippen LogP contribution is 2.28. The summed E-state index contributed by atoms with van der Waals surface area (Å²) in [5.74, 6) is -0.664. The van der Waals surface area contributed by atoms with Crippen molar-refractivity contribution in [1.82, 2.24) is 15.8 Å². The molecule has 0 aromatic carbocycles. The lowest BCUT2D eigenvalue weighted by Crippen LogP contribution is -2.51. The first kappa shape index (κ1) is 18.3. The van der Waals surface area contributed by atoms with Crippen molar-refractivity contribution in [3.8, 4) is 0 Å². The van der Waals surface area contributed by atoms with Gasteiger partial charge in [0.1, 0.15) is 0 Å². The third-order valence-electron chi connectivity index (χ3n) is 3.60. The molecule has 5 nitrogen and oxygen atoms in total. The van der Waals surface area contributed by atoms with Crippen LogP contribution < -0.4 is 10.7 Å². The fourth-order valence-electron chi connectivity index (χ4n) is 2.40. The Morgan fingerprint density at radius 2 is 2.30 bits per heavy atom. The average molecular weight is 374 g/mol. The number of carbonyl (C=O) groups excluding carboxylic acids is 1. The molecule has 0 aromatic heterocycles. The zero-order valence-corrected chi connectivity index (χ0v) is 15.3. The Hall–Kier alpha value is -1.02. The largest absolute Gasteiger partial charge is 0.466 e. The van der Waals surface area contributed by atoms with E-state index in [1.54, 1.807) is 19.1 Å². The van der Waals surface area contributed by atoms with Crippen LogP contribution >= 0.6 is 36.0 Å². The number of ether oxygens (including phenoxy) is 1. The van der Waals surface area contributed by atoms with Crippen LogP contribution in [0.4, 0.5) is 0 Å². The van der Waals surface area contributed by atoms with E-state index in [0.717, 1.165) is 25.9 Å². The predicted molar refractivity (Wildman–Crippen MR) is 99.0 cm³/mol. The van der Waals surface area contributed by atoms with E-state index in [4.69, 9.17) is 40.8 Å². The maximum absolute atomic E-state index is 11.7. The average Bonchev–Trinajstić information content (AvgIpc) is 2.55. The molecule has 0 aromatic rings. The summed E-state index contributed by atoms with van der Waals surface area (Å²) in [4.78, 5) is 12.3. The van der Waals surface area contributed by atoms with E-state index >= 15 is 0 Å². The number of rotatable bonds is 4. The van der Waals surface area contributed by atoms with E-state index in [-0.39, 0.29) is 18.3 Å². The topological polar surface area (TPSA) is 53.6 Å². The Morgan fingerprint density at radius 3 is 2.96 bits per heavy atom. The number of hydrogen-bond acceptors (Lipinski definition) is 5. The van der Waals surface area contributed by atoms with Crippen LogP contribution in [0.3, 0.4) is 0 Å². The van der Waals surface area contributed by atoms with E-state index in [1.165, 1.54) is 0 Å². The van der Waals surface area contributed by atoms with E-state index in [0.29, 0.717) is 27.3 Å². The molecule has 0 saturated carbocycles. The molecule has 0 radical (unpaired) electrons. The van der Waals surface area contributed by atoms with Gasteiger partial charge in [0.15, 0.2) is 5.11 Å². The van der Waals surface area contributed by atoms with Gasteiger partial charge in [-0.25, -0.2) is 5.43 Å². The van der Waals surface area contributed by atoms with Gasteiger partial charge in [0.05, 0.1) is 18.7 Å². The number of hydrazine groups is 1. The second kappa shape index (κ2) is 8.73. The lowest BCUT2D eigenvalue weighted by molar-refractivity contribution is -0.143. The smallest absolute Gasteiger partial charge is 0.306 e. The Labute approximate surface area is 152 Å². The first-order valence-electron chi connectivity index (χ1n) is 7.62. The zero-order chi connectivity index (χ0) is 16.8. The van der Waals surface area contributed by atoms with Gasteiger partial charge < -0.3 is 10.1 Å². The fraction of sp³-hybridized carbons (Fsp3) is 0.533. The number of nitrogens with one attached hydrogen (secondary N) is 2. The molecule has 1 aliphatic carbocycles. The normalized spacial score (nSPS) is 21.4. The maximum Gasteiger partial charge on any atom is 0.306 e. The molecule has 1 heterocycles. The lowest BCUT2D eigenvalue weighted by Gasteiger charge is -2.31. The summed E-state index contributed by atoms with van der Waals surface area (Å²) in [5.41, 5.74) is 3.94. The van der Waals surface area contributed by atoms with Crippen molar-refractivity contribution >= 4 is 52.0 Å². The summed E-state index contributed by atoms with van der Waals surface area (Å²) in [6.07, 6.45) is 5.91. The first-order valence-corrected chi connectivity index (χ1v) is 8.81. The molecule has 8 heteroatoms. The molecule has 0 amide bonds. The Bertz CT molecular complexity index is 557. The molecule has 1 unspecified atom stereocenters. The minimum Gasteiger partial charge on any atom is -0.466 e. The molecule has 1 atom stereocenters. The van der Waals surface area contributed by atoms with Crippen LogP contribution in [0, 0.1) is 5.92 Å². The predicted octanol–water partition coefficient (Wildman–Crippen LogP) is 2.42. The summed E-state index contributed by atoms with van der Waals surface area (Å²) in [7, 11) is 0. The monoisotopic (exact) mass is 373 g/mol. The zero-order valence-electron chi connectivity index (χ0n) is 12.9. The molecule has 2 N–H and O–H groups in total. The van der Waals surface area contributed by atoms with Crippen molar-refractivity contribution in [2.75, 3.05) is 19.7 Å². The molecule has 23 heavy (non-hydrogen) atoms. The van der Waals surface area contributed by atoms with Crippen LogP contribution in [0.5, 0.6) is 0 Å². The van der Waals surface area contributed by atoms with E-state index in [2.05, 4.69) is 10.7 Å². The van der Waals surface area contributed by atoms with Crippen molar-refractivity contribution in [2.24, 2.45) is 5.92 Å². The summed E-state index contributed by atoms with van der Waals surface area (Å²) in [5, 5.41) is 6.17. The SMILES string of the molecule is CCOC(=O)CC1C(=S)C(NC(=S)N2CCCCN2)=CC=C1Cl. The summed E-state index contributed by atoms with van der Waals surface area (Å²) >= 11 is 17.1. The van der Waals surface area contributed by atoms with Crippen LogP contribution in [0.2, 0.25) is 0 Å². The molecule has 2 rings (SSSR count). The minimum atomic E-state index is -0.352. The minimum absolute atomic E-state index is 0.135. The second-order valence-electron chi connectivity index (χ2n) is 5.25. The number of nitrogens with zero attached hydrogens (tertiary/aromatic N) is 1. The standard InChI is InChI=1S/C15H20ClN3O2S2/c1-2-21-13(20)9-10-11(16)5-6-12(14(10)22)18-15(23)19-8-4-3-7-17-19/h5-6,10,17H,2-4,7-9H2,1H3,(H,18,23). The van der Waals surface area contributed by atoms with Crippen molar-refractivity contribution in [3.05, 3.63) is 22.9 Å². The third-order valence-corrected chi connectivity index (χ3v) is 4.81. The highest BCUT2D eigenvalue weighted by Gasteiger charge is 2.28. The molecule has 2 aliphatic rings. The van der Waals surface area contributed by atoms with Crippen LogP contribution in [-0.4, -0.2) is 40.7 Å². The van der Waals surface area contributed by atoms with Gasteiger partial charge >= 0.3 is 5.97 Å². The van der Waals surface area contributed by atoms with Gasteiger partial charge in [0.25, 0.3) is 0 Å². The van der Waals surface area contributed by atoms with Crippen LogP contribution in [0.1, 0.15) is 26.2 Å². The maximum atomic E-state index is 11.7. The summed E-state index contributed by atoms with van der Waals surface area (Å²) < 4.78 is 4.98. The number of esters is 1. The molecule has 126 valence electrons. The third kappa shape index (κ3) is 4.97. The van der Waals surface area contributed by atoms with Crippen molar-refractivity contribution < 1.29 is 9.53 Å². The van der Waals surface area contributed by atoms with Gasteiger partial charge in [0.2, 0.25) is 0 Å². The summed E-state index contributed by atoms with van der Waals surface area (Å²) in [6.45, 7) is 3.87. The summed E-state index contributed by atoms with van der Waals surface area (Å²) in [6, 6.07) is 0. The Morgan fingerprint density at radius 1 is 1.52 bits per heavy atom. The molecule has 1 aliphatic heterocycles. The van der Waals surface area contributed by atoms with Crippen LogP contribution in [-0.2, 0) is 9.53 Å². The number of allylic oxidation sites excluding steroid dienone is 4. The van der Waals surface area contributed by atoms with E-state index < -0.39 is 0 Å². The van der Waals surface area contributed by atoms with Gasteiger partial charge in [-0.2, -0.15) is 0 Å². The highest BCUT2D eigenvalue weighted by molar-refractivity contribution is 7.81. The highest BCUT2D eigenvalue weighted by atomic mass is 35.5. The van der Waals surface area contributed by atoms with E-state index in [1.807, 2.05) is 5.01 Å². The van der Waals surface area contributed by atoms with Gasteiger partial charge in [-0.1, -0.05) is 23.8 Å². The van der Waals surface area contributed by atoms with Crippen molar-refractivity contribution in [3.63, 3.8) is 0 Å². The molecule has 1 saturated heterocycles. The van der Waals surface area contributed by atoms with Gasteiger partial charge in [-0.05, 0) is 44.1 Å². The lowest BCUT2D eigenvalue weighted by atomic mass is 9.94. The van der Waals surface area contributed by atoms with Crippen molar-refractivity contribution in [2.45, 2.75) is 26.2 Å². The second-order valence-corrected chi connectivity index (χ2v) is 6.52. The first-order chi connectivity index (χ1) is 11.0. The Kier molecular flexibility index (Phi) is 6.95. The molecule has 1 fully saturated rings. The van der Waals surface area contributed by atoms with Gasteiger partial charge in [0, 0.05) is 28.9 Å². The van der Waals surface area contributed by atoms with Gasteiger partial charge in [-0.15, -0.1) is 0 Å². The fourth-order valence-corrected chi connectivity index (χ4v) is 3.31. The number of thiocarbonyl (C=S) groups is 2. The Balaban J connectivity index is 2.00. The van der Waals surface area contributed by atoms with Gasteiger partial charge in [-0.3, -0.25) is 9.80 Å². The van der Waals surface area contributed by atoms with Crippen LogP contribution in [0.15, 0.2) is 22.9 Å². The van der Waals surface area contributed by atoms with Crippen LogP contribution in [0.25, 0.3) is 0 Å². The molecular formula is C15H20ClN3O2S2. The molecule has 0 bridgehead atoms. The molecular weight excluding hydrogens is 354 g/mol. The number of hydrogen-bond donors (Lipinski definition) is 2. The van der Waals surface area contributed by atoms with Crippen molar-refractivity contribution in [1.29, 1.82) is 0 Å².